The first-order valence-electron chi connectivity index (χ1n) is 7.07. The molecule has 1 saturated heterocycles. The summed E-state index contributed by atoms with van der Waals surface area (Å²) >= 11 is 0. The maximum Gasteiger partial charge on any atom is 0.0151 e. The molecule has 96 valence electrons. The van der Waals surface area contributed by atoms with Crippen LogP contribution in [0.1, 0.15) is 55.8 Å². The Balaban J connectivity index is 1.87. The van der Waals surface area contributed by atoms with E-state index in [1.165, 1.54) is 56.6 Å². The predicted octanol–water partition coefficient (Wildman–Crippen LogP) is 3.47. The van der Waals surface area contributed by atoms with Gasteiger partial charge in [0.2, 0.25) is 0 Å². The van der Waals surface area contributed by atoms with Gasteiger partial charge in [-0.25, -0.2) is 0 Å². The molecule has 0 saturated carbocycles. The van der Waals surface area contributed by atoms with E-state index in [-0.39, 0.29) is 0 Å². The Kier molecular flexibility index (Phi) is 4.27. The molecule has 0 atom stereocenters. The van der Waals surface area contributed by atoms with Gasteiger partial charge >= 0.3 is 0 Å². The molecule has 0 aromatic carbocycles. The van der Waals surface area contributed by atoms with Gasteiger partial charge in [-0.1, -0.05) is 13.8 Å². The molecule has 1 aromatic rings. The molecule has 0 radical (unpaired) electrons. The van der Waals surface area contributed by atoms with Gasteiger partial charge in [-0.2, -0.15) is 0 Å². The largest absolute Gasteiger partial charge is 0.365 e. The monoisotopic (exact) mass is 234 g/mol. The van der Waals surface area contributed by atoms with Crippen LogP contribution in [0.25, 0.3) is 0 Å². The van der Waals surface area contributed by atoms with Crippen molar-refractivity contribution >= 4 is 0 Å². The Morgan fingerprint density at radius 3 is 2.65 bits per heavy atom. The average Bonchev–Trinajstić information content (AvgIpc) is 2.89. The summed E-state index contributed by atoms with van der Waals surface area (Å²) in [5, 5.41) is 0. The summed E-state index contributed by atoms with van der Waals surface area (Å²) in [4.78, 5) is 5.99. The Hall–Kier alpha value is -0.760. The smallest absolute Gasteiger partial charge is 0.0151 e. The number of aromatic amines is 1. The lowest BCUT2D eigenvalue weighted by atomic mass is 9.97. The predicted molar refractivity (Wildman–Crippen MR) is 73.6 cm³/mol. The third kappa shape index (κ3) is 3.12. The SMILES string of the molecule is Cc1[nH]cc(C(C)C)c1CCCN1CCCC1. The third-order valence-electron chi connectivity index (χ3n) is 3.97. The molecule has 2 heterocycles. The van der Waals surface area contributed by atoms with Gasteiger partial charge in [0.1, 0.15) is 0 Å². The van der Waals surface area contributed by atoms with Crippen LogP contribution in [0.5, 0.6) is 0 Å². The van der Waals surface area contributed by atoms with E-state index < -0.39 is 0 Å². The summed E-state index contributed by atoms with van der Waals surface area (Å²) in [6.07, 6.45) is 7.55. The molecule has 1 aliphatic heterocycles. The Bertz CT molecular complexity index is 346. The maximum atomic E-state index is 3.38. The molecule has 1 fully saturated rings. The van der Waals surface area contributed by atoms with Crippen LogP contribution in [0.4, 0.5) is 0 Å². The summed E-state index contributed by atoms with van der Waals surface area (Å²) in [7, 11) is 0. The van der Waals surface area contributed by atoms with Crippen LogP contribution in [0.3, 0.4) is 0 Å². The van der Waals surface area contributed by atoms with Gasteiger partial charge in [-0.3, -0.25) is 0 Å². The molecule has 0 unspecified atom stereocenters. The van der Waals surface area contributed by atoms with Crippen LogP contribution in [-0.4, -0.2) is 29.5 Å². The number of aryl methyl sites for hydroxylation is 1. The molecule has 0 spiro atoms. The van der Waals surface area contributed by atoms with Crippen molar-refractivity contribution in [3.8, 4) is 0 Å². The normalized spacial score (nSPS) is 17.2. The van der Waals surface area contributed by atoms with E-state index in [1.54, 1.807) is 5.56 Å². The van der Waals surface area contributed by atoms with Crippen molar-refractivity contribution in [2.75, 3.05) is 19.6 Å². The zero-order valence-electron chi connectivity index (χ0n) is 11.6. The van der Waals surface area contributed by atoms with Gasteiger partial charge in [0.05, 0.1) is 0 Å². The highest BCUT2D eigenvalue weighted by Crippen LogP contribution is 2.23. The fourth-order valence-electron chi connectivity index (χ4n) is 2.91. The van der Waals surface area contributed by atoms with Crippen LogP contribution in [-0.2, 0) is 6.42 Å². The zero-order chi connectivity index (χ0) is 12.3. The minimum absolute atomic E-state index is 0.640. The van der Waals surface area contributed by atoms with E-state index >= 15 is 0 Å². The van der Waals surface area contributed by atoms with E-state index in [9.17, 15) is 0 Å². The second-order valence-electron chi connectivity index (χ2n) is 5.65. The first-order chi connectivity index (χ1) is 8.18. The second-order valence-corrected chi connectivity index (χ2v) is 5.65. The summed E-state index contributed by atoms with van der Waals surface area (Å²) in [5.74, 6) is 0.640. The molecule has 17 heavy (non-hydrogen) atoms. The third-order valence-corrected chi connectivity index (χ3v) is 3.97. The number of hydrogen-bond acceptors (Lipinski definition) is 1. The van der Waals surface area contributed by atoms with Crippen LogP contribution in [0, 0.1) is 6.92 Å². The molecule has 1 aliphatic rings. The number of nitrogens with zero attached hydrogens (tertiary/aromatic N) is 1. The fourth-order valence-corrected chi connectivity index (χ4v) is 2.91. The molecule has 0 amide bonds. The van der Waals surface area contributed by atoms with E-state index in [0.717, 1.165) is 0 Å². The van der Waals surface area contributed by atoms with Gasteiger partial charge in [0.15, 0.2) is 0 Å². The number of nitrogens with one attached hydrogen (secondary N) is 1. The second kappa shape index (κ2) is 5.72. The molecular weight excluding hydrogens is 208 g/mol. The standard InChI is InChI=1S/C15H26N2/c1-12(2)15-11-16-13(3)14(15)7-6-10-17-8-4-5-9-17/h11-12,16H,4-10H2,1-3H3. The number of likely N-dealkylation sites (tertiary alicyclic amines) is 1. The number of H-pyrrole nitrogens is 1. The fraction of sp³-hybridized carbons (Fsp3) is 0.733. The number of rotatable bonds is 5. The lowest BCUT2D eigenvalue weighted by Crippen LogP contribution is -2.20. The highest BCUT2D eigenvalue weighted by molar-refractivity contribution is 5.32. The van der Waals surface area contributed by atoms with Crippen molar-refractivity contribution in [3.63, 3.8) is 0 Å². The topological polar surface area (TPSA) is 19.0 Å². The summed E-state index contributed by atoms with van der Waals surface area (Å²) < 4.78 is 0. The van der Waals surface area contributed by atoms with Gasteiger partial charge in [-0.05, 0) is 69.3 Å². The van der Waals surface area contributed by atoms with Gasteiger partial charge in [0.25, 0.3) is 0 Å². The minimum Gasteiger partial charge on any atom is -0.365 e. The van der Waals surface area contributed by atoms with E-state index in [4.69, 9.17) is 0 Å². The first-order valence-corrected chi connectivity index (χ1v) is 7.07. The summed E-state index contributed by atoms with van der Waals surface area (Å²) in [6.45, 7) is 10.7. The Morgan fingerprint density at radius 1 is 1.29 bits per heavy atom. The Morgan fingerprint density at radius 2 is 2.00 bits per heavy atom. The highest BCUT2D eigenvalue weighted by Gasteiger charge is 2.13. The molecule has 1 N–H and O–H groups in total. The quantitative estimate of drug-likeness (QED) is 0.826. The van der Waals surface area contributed by atoms with Crippen LogP contribution < -0.4 is 0 Å². The van der Waals surface area contributed by atoms with Crippen LogP contribution >= 0.6 is 0 Å². The molecular formula is C15H26N2. The average molecular weight is 234 g/mol. The molecule has 2 heteroatoms. The van der Waals surface area contributed by atoms with Crippen molar-refractivity contribution in [2.24, 2.45) is 0 Å². The minimum atomic E-state index is 0.640. The van der Waals surface area contributed by atoms with Crippen LogP contribution in [0.2, 0.25) is 0 Å². The lowest BCUT2D eigenvalue weighted by molar-refractivity contribution is 0.334. The van der Waals surface area contributed by atoms with Crippen LogP contribution in [0.15, 0.2) is 6.20 Å². The Labute approximate surface area is 105 Å². The zero-order valence-corrected chi connectivity index (χ0v) is 11.6. The van der Waals surface area contributed by atoms with E-state index in [2.05, 4.69) is 36.9 Å². The number of aromatic nitrogens is 1. The highest BCUT2D eigenvalue weighted by atomic mass is 15.1. The maximum absolute atomic E-state index is 3.38. The summed E-state index contributed by atoms with van der Waals surface area (Å²) in [6, 6.07) is 0. The molecule has 0 bridgehead atoms. The first kappa shape index (κ1) is 12.7. The van der Waals surface area contributed by atoms with Gasteiger partial charge in [0, 0.05) is 11.9 Å². The van der Waals surface area contributed by atoms with Crippen molar-refractivity contribution in [1.82, 2.24) is 9.88 Å². The van der Waals surface area contributed by atoms with Crippen molar-refractivity contribution in [3.05, 3.63) is 23.0 Å². The van der Waals surface area contributed by atoms with E-state index in [1.807, 2.05) is 0 Å². The number of hydrogen-bond donors (Lipinski definition) is 1. The molecule has 1 aromatic heterocycles. The summed E-state index contributed by atoms with van der Waals surface area (Å²) in [5.41, 5.74) is 4.46. The van der Waals surface area contributed by atoms with Gasteiger partial charge in [-0.15, -0.1) is 0 Å². The van der Waals surface area contributed by atoms with Crippen molar-refractivity contribution < 1.29 is 0 Å². The van der Waals surface area contributed by atoms with Gasteiger partial charge < -0.3 is 9.88 Å². The molecule has 2 rings (SSSR count). The molecule has 2 nitrogen and oxygen atoms in total. The lowest BCUT2D eigenvalue weighted by Gasteiger charge is -2.15. The van der Waals surface area contributed by atoms with E-state index in [0.29, 0.717) is 5.92 Å². The molecule has 0 aliphatic carbocycles. The van der Waals surface area contributed by atoms with Crippen molar-refractivity contribution in [1.29, 1.82) is 0 Å². The van der Waals surface area contributed by atoms with Crippen molar-refractivity contribution in [2.45, 2.75) is 52.4 Å².